The number of rotatable bonds is 1. The van der Waals surface area contributed by atoms with Crippen molar-refractivity contribution in [2.75, 3.05) is 0 Å². The fourth-order valence-electron chi connectivity index (χ4n) is 1.15. The normalized spacial score (nSPS) is 12.0. The lowest BCUT2D eigenvalue weighted by molar-refractivity contribution is -0.652. The summed E-state index contributed by atoms with van der Waals surface area (Å²) in [4.78, 5) is 3.27. The van der Waals surface area contributed by atoms with E-state index in [1.807, 2.05) is 6.20 Å². The van der Waals surface area contributed by atoms with Crippen molar-refractivity contribution in [1.82, 2.24) is 4.98 Å². The van der Waals surface area contributed by atoms with Crippen LogP contribution in [0.2, 0.25) is 19.6 Å². The number of hydrogen-bond donors (Lipinski definition) is 1. The van der Waals surface area contributed by atoms with Gasteiger partial charge in [-0.05, 0) is 0 Å². The van der Waals surface area contributed by atoms with Gasteiger partial charge in [-0.1, -0.05) is 19.6 Å². The third kappa shape index (κ3) is 1.29. The topological polar surface area (TPSA) is 19.7 Å². The van der Waals surface area contributed by atoms with Crippen LogP contribution in [0.1, 0.15) is 0 Å². The summed E-state index contributed by atoms with van der Waals surface area (Å²) in [6.07, 6.45) is 4.06. The van der Waals surface area contributed by atoms with E-state index in [0.29, 0.717) is 0 Å². The van der Waals surface area contributed by atoms with Crippen LogP contribution in [0.5, 0.6) is 0 Å². The fraction of sp³-hybridized carbons (Fsp3) is 0.571. The predicted octanol–water partition coefficient (Wildman–Crippen LogP) is 0.384. The Balaban J connectivity index is 3.05. The number of hydrogen-bond acceptors (Lipinski definition) is 0. The maximum absolute atomic E-state index is 3.27. The molecule has 1 N–H and O–H groups in total. The van der Waals surface area contributed by atoms with E-state index >= 15 is 0 Å². The van der Waals surface area contributed by atoms with Gasteiger partial charge >= 0.3 is 0 Å². The van der Waals surface area contributed by atoms with Gasteiger partial charge in [-0.3, -0.25) is 4.98 Å². The first-order valence-corrected chi connectivity index (χ1v) is 7.05. The van der Waals surface area contributed by atoms with Crippen molar-refractivity contribution in [1.29, 1.82) is 0 Å². The molecule has 0 amide bonds. The molecule has 0 saturated carbocycles. The fourth-order valence-corrected chi connectivity index (χ4v) is 2.80. The minimum atomic E-state index is -1.12. The van der Waals surface area contributed by atoms with Crippen molar-refractivity contribution < 1.29 is 4.57 Å². The molecular formula is C7H15N2Si+. The molecule has 1 aromatic heterocycles. The molecular weight excluding hydrogens is 140 g/mol. The van der Waals surface area contributed by atoms with E-state index < -0.39 is 8.07 Å². The molecule has 0 fully saturated rings. The van der Waals surface area contributed by atoms with Gasteiger partial charge in [0.2, 0.25) is 5.45 Å². The van der Waals surface area contributed by atoms with Gasteiger partial charge in [-0.2, -0.15) is 0 Å². The number of aryl methyl sites for hydroxylation is 1. The molecule has 0 atom stereocenters. The third-order valence-corrected chi connectivity index (χ3v) is 3.50. The van der Waals surface area contributed by atoms with Gasteiger partial charge in [0.25, 0.3) is 0 Å². The van der Waals surface area contributed by atoms with Crippen LogP contribution in [-0.4, -0.2) is 13.1 Å². The molecule has 0 aliphatic rings. The molecule has 0 aromatic carbocycles. The Hall–Kier alpha value is -0.573. The Bertz CT molecular complexity index is 222. The maximum Gasteiger partial charge on any atom is 0.218 e. The molecule has 1 heterocycles. The van der Waals surface area contributed by atoms with E-state index in [4.69, 9.17) is 0 Å². The lowest BCUT2D eigenvalue weighted by atomic mass is 10.9. The van der Waals surface area contributed by atoms with Crippen LogP contribution >= 0.6 is 0 Å². The van der Waals surface area contributed by atoms with Gasteiger partial charge < -0.3 is 0 Å². The number of aromatic nitrogens is 2. The Labute approximate surface area is 62.9 Å². The van der Waals surface area contributed by atoms with Gasteiger partial charge in [0.05, 0.1) is 7.05 Å². The largest absolute Gasteiger partial charge is 0.253 e. The van der Waals surface area contributed by atoms with Crippen molar-refractivity contribution in [3.05, 3.63) is 12.4 Å². The quantitative estimate of drug-likeness (QED) is 0.447. The van der Waals surface area contributed by atoms with Gasteiger partial charge in [0.1, 0.15) is 12.4 Å². The number of aromatic amines is 1. The van der Waals surface area contributed by atoms with Crippen molar-refractivity contribution in [3.63, 3.8) is 0 Å². The average molecular weight is 155 g/mol. The Kier molecular flexibility index (Phi) is 1.68. The molecule has 0 aliphatic carbocycles. The lowest BCUT2D eigenvalue weighted by Gasteiger charge is -2.08. The zero-order chi connectivity index (χ0) is 7.78. The standard InChI is InChI=1S/C7H14N2Si/c1-9-6-5-8-7(9)10(2,3)4/h5-6H,1-4H3/p+1. The molecule has 1 aromatic rings. The summed E-state index contributed by atoms with van der Waals surface area (Å²) in [5, 5.41) is 0. The molecule has 1 rings (SSSR count). The second-order valence-corrected chi connectivity index (χ2v) is 8.64. The monoisotopic (exact) mass is 155 g/mol. The first-order valence-electron chi connectivity index (χ1n) is 3.55. The Morgan fingerprint density at radius 3 is 2.20 bits per heavy atom. The van der Waals surface area contributed by atoms with Gasteiger partial charge in [-0.15, -0.1) is 0 Å². The zero-order valence-electron chi connectivity index (χ0n) is 7.10. The number of nitrogens with one attached hydrogen (secondary N) is 1. The first kappa shape index (κ1) is 7.53. The van der Waals surface area contributed by atoms with Crippen LogP contribution in [0.3, 0.4) is 0 Å². The summed E-state index contributed by atoms with van der Waals surface area (Å²) in [5.74, 6) is 0. The molecule has 0 unspecified atom stereocenters. The summed E-state index contributed by atoms with van der Waals surface area (Å²) < 4.78 is 2.17. The average Bonchev–Trinajstić information content (AvgIpc) is 2.11. The van der Waals surface area contributed by atoms with Gasteiger partial charge in [0.15, 0.2) is 8.07 Å². The third-order valence-electron chi connectivity index (χ3n) is 1.58. The molecule has 0 saturated heterocycles. The Morgan fingerprint density at radius 1 is 1.40 bits per heavy atom. The maximum atomic E-state index is 3.27. The number of H-pyrrole nitrogens is 1. The first-order chi connectivity index (χ1) is 4.52. The second-order valence-electron chi connectivity index (χ2n) is 3.67. The van der Waals surface area contributed by atoms with Gasteiger partial charge in [-0.25, -0.2) is 4.57 Å². The summed E-state index contributed by atoms with van der Waals surface area (Å²) in [5.41, 5.74) is 1.40. The van der Waals surface area contributed by atoms with E-state index in [1.54, 1.807) is 0 Å². The van der Waals surface area contributed by atoms with Crippen LogP contribution in [-0.2, 0) is 7.05 Å². The molecule has 0 spiro atoms. The molecule has 0 aliphatic heterocycles. The summed E-state index contributed by atoms with van der Waals surface area (Å²) in [6, 6.07) is 0. The highest BCUT2D eigenvalue weighted by Gasteiger charge is 2.26. The van der Waals surface area contributed by atoms with Crippen LogP contribution in [0.4, 0.5) is 0 Å². The van der Waals surface area contributed by atoms with Crippen molar-refractivity contribution in [3.8, 4) is 0 Å². The van der Waals surface area contributed by atoms with Crippen molar-refractivity contribution in [2.24, 2.45) is 7.05 Å². The summed E-state index contributed by atoms with van der Waals surface area (Å²) in [7, 11) is 0.969. The molecule has 3 heteroatoms. The smallest absolute Gasteiger partial charge is 0.218 e. The lowest BCUT2D eigenvalue weighted by Crippen LogP contribution is -2.57. The van der Waals surface area contributed by atoms with E-state index in [-0.39, 0.29) is 0 Å². The highest BCUT2D eigenvalue weighted by molar-refractivity contribution is 6.86. The predicted molar refractivity (Wildman–Crippen MR) is 44.9 cm³/mol. The SMILES string of the molecule is C[n+]1cc[nH]c1[Si](C)(C)C. The summed E-state index contributed by atoms with van der Waals surface area (Å²) >= 11 is 0. The van der Waals surface area contributed by atoms with Crippen LogP contribution < -0.4 is 10.0 Å². The highest BCUT2D eigenvalue weighted by Crippen LogP contribution is 1.95. The molecule has 2 nitrogen and oxygen atoms in total. The highest BCUT2D eigenvalue weighted by atomic mass is 28.3. The van der Waals surface area contributed by atoms with E-state index in [0.717, 1.165) is 0 Å². The van der Waals surface area contributed by atoms with Gasteiger partial charge in [0, 0.05) is 0 Å². The molecule has 0 bridgehead atoms. The zero-order valence-corrected chi connectivity index (χ0v) is 8.10. The van der Waals surface area contributed by atoms with E-state index in [1.165, 1.54) is 5.45 Å². The van der Waals surface area contributed by atoms with E-state index in [2.05, 4.69) is 42.4 Å². The summed E-state index contributed by atoms with van der Waals surface area (Å²) in [6.45, 7) is 7.00. The minimum absolute atomic E-state index is 1.12. The van der Waals surface area contributed by atoms with Crippen LogP contribution in [0, 0.1) is 0 Å². The number of nitrogens with zero attached hydrogens (tertiary/aromatic N) is 1. The van der Waals surface area contributed by atoms with Crippen LogP contribution in [0.25, 0.3) is 0 Å². The van der Waals surface area contributed by atoms with Crippen molar-refractivity contribution >= 4 is 13.5 Å². The van der Waals surface area contributed by atoms with Crippen molar-refractivity contribution in [2.45, 2.75) is 19.6 Å². The minimum Gasteiger partial charge on any atom is -0.253 e. The molecule has 0 radical (unpaired) electrons. The Morgan fingerprint density at radius 2 is 2.00 bits per heavy atom. The number of imidazole rings is 1. The van der Waals surface area contributed by atoms with E-state index in [9.17, 15) is 0 Å². The second kappa shape index (κ2) is 2.23. The van der Waals surface area contributed by atoms with Crippen LogP contribution in [0.15, 0.2) is 12.4 Å². The molecule has 10 heavy (non-hydrogen) atoms. The molecule has 56 valence electrons.